The molecule has 0 amide bonds. The molecule has 26 heavy (non-hydrogen) atoms. The molecule has 0 bridgehead atoms. The van der Waals surface area contributed by atoms with Crippen LogP contribution in [-0.4, -0.2) is 6.18 Å². The van der Waals surface area contributed by atoms with Crippen molar-refractivity contribution in [1.29, 1.82) is 5.26 Å². The van der Waals surface area contributed by atoms with Gasteiger partial charge in [-0.05, 0) is 52.3 Å². The highest BCUT2D eigenvalue weighted by atomic mass is 79.9. The summed E-state index contributed by atoms with van der Waals surface area (Å²) in [6.45, 7) is 0. The monoisotopic (exact) mass is 462 g/mol. The zero-order chi connectivity index (χ0) is 19.1. The Morgan fingerprint density at radius 1 is 1.12 bits per heavy atom. The van der Waals surface area contributed by atoms with Crippen LogP contribution in [0.25, 0.3) is 5.70 Å². The smallest absolute Gasteiger partial charge is 0.265 e. The fraction of sp³-hybridized carbons (Fsp3) is 0.118. The Balaban J connectivity index is 2.14. The lowest BCUT2D eigenvalue weighted by molar-refractivity contribution is -0.269. The molecule has 0 saturated carbocycles. The van der Waals surface area contributed by atoms with Crippen LogP contribution in [0.2, 0.25) is 10.0 Å². The SMILES string of the molecule is N#Cc1ccc(C2=CC(c3cc(Cl)cc(Cl)c3)(C(F)(F)F)ON2)cc1Br. The number of benzene rings is 2. The van der Waals surface area contributed by atoms with Crippen molar-refractivity contribution in [2.75, 3.05) is 0 Å². The van der Waals surface area contributed by atoms with E-state index in [2.05, 4.69) is 21.4 Å². The van der Waals surface area contributed by atoms with E-state index in [1.807, 2.05) is 6.07 Å². The number of hydroxylamine groups is 1. The fourth-order valence-corrected chi connectivity index (χ4v) is 3.52. The standard InChI is InChI=1S/C17H8BrCl2F3N2O/c18-14-3-9(1-2-10(14)8-24)15-7-16(26-25-15,17(21,22)23)11-4-12(19)6-13(20)5-11/h1-7,25H. The van der Waals surface area contributed by atoms with Gasteiger partial charge in [0, 0.05) is 25.6 Å². The van der Waals surface area contributed by atoms with E-state index in [-0.39, 0.29) is 21.3 Å². The number of hydrogen-bond donors (Lipinski definition) is 1. The number of nitriles is 1. The molecule has 0 spiro atoms. The molecule has 0 fully saturated rings. The van der Waals surface area contributed by atoms with Crippen LogP contribution in [0.4, 0.5) is 13.2 Å². The maximum atomic E-state index is 13.9. The summed E-state index contributed by atoms with van der Waals surface area (Å²) in [7, 11) is 0. The lowest BCUT2D eigenvalue weighted by atomic mass is 9.91. The normalized spacial score (nSPS) is 19.7. The van der Waals surface area contributed by atoms with Crippen molar-refractivity contribution in [3.8, 4) is 6.07 Å². The number of alkyl halides is 3. The second-order valence-electron chi connectivity index (χ2n) is 5.46. The van der Waals surface area contributed by atoms with Crippen LogP contribution in [0, 0.1) is 11.3 Å². The van der Waals surface area contributed by atoms with Crippen molar-refractivity contribution < 1.29 is 18.0 Å². The first-order valence-electron chi connectivity index (χ1n) is 7.06. The first-order chi connectivity index (χ1) is 12.2. The topological polar surface area (TPSA) is 45.0 Å². The maximum absolute atomic E-state index is 13.9. The summed E-state index contributed by atoms with van der Waals surface area (Å²) in [6, 6.07) is 10.1. The minimum Gasteiger partial charge on any atom is -0.265 e. The molecular weight excluding hydrogens is 456 g/mol. The molecule has 0 saturated heterocycles. The molecule has 1 atom stereocenters. The van der Waals surface area contributed by atoms with Gasteiger partial charge in [-0.1, -0.05) is 29.3 Å². The molecule has 0 aliphatic carbocycles. The number of hydrogen-bond acceptors (Lipinski definition) is 3. The zero-order valence-electron chi connectivity index (χ0n) is 12.7. The van der Waals surface area contributed by atoms with E-state index in [0.29, 0.717) is 15.6 Å². The summed E-state index contributed by atoms with van der Waals surface area (Å²) in [4.78, 5) is 5.00. The van der Waals surface area contributed by atoms with Gasteiger partial charge in [0.05, 0.1) is 11.3 Å². The predicted octanol–water partition coefficient (Wildman–Crippen LogP) is 5.96. The second kappa shape index (κ2) is 6.78. The van der Waals surface area contributed by atoms with E-state index >= 15 is 0 Å². The van der Waals surface area contributed by atoms with Gasteiger partial charge in [-0.3, -0.25) is 10.3 Å². The van der Waals surface area contributed by atoms with Gasteiger partial charge in [-0.25, -0.2) is 0 Å². The van der Waals surface area contributed by atoms with E-state index in [1.165, 1.54) is 24.3 Å². The minimum atomic E-state index is -4.78. The molecule has 1 heterocycles. The van der Waals surface area contributed by atoms with Gasteiger partial charge < -0.3 is 0 Å². The predicted molar refractivity (Wildman–Crippen MR) is 95.2 cm³/mol. The summed E-state index contributed by atoms with van der Waals surface area (Å²) in [5, 5.41) is 9.07. The van der Waals surface area contributed by atoms with E-state index in [4.69, 9.17) is 33.3 Å². The number of rotatable bonds is 2. The average Bonchev–Trinajstić information content (AvgIpc) is 3.00. The van der Waals surface area contributed by atoms with Gasteiger partial charge in [0.1, 0.15) is 6.07 Å². The van der Waals surface area contributed by atoms with Gasteiger partial charge in [0.25, 0.3) is 0 Å². The summed E-state index contributed by atoms with van der Waals surface area (Å²) in [5.74, 6) is 0. The van der Waals surface area contributed by atoms with Crippen molar-refractivity contribution in [1.82, 2.24) is 5.48 Å². The molecule has 0 radical (unpaired) electrons. The minimum absolute atomic E-state index is 0.0580. The number of halogens is 6. The molecule has 2 aromatic rings. The summed E-state index contributed by atoms with van der Waals surface area (Å²) >= 11 is 14.9. The summed E-state index contributed by atoms with van der Waals surface area (Å²) in [6.07, 6.45) is -3.86. The van der Waals surface area contributed by atoms with Crippen LogP contribution in [0.1, 0.15) is 16.7 Å². The lowest BCUT2D eigenvalue weighted by Crippen LogP contribution is -2.42. The molecule has 3 nitrogen and oxygen atoms in total. The molecule has 9 heteroatoms. The van der Waals surface area contributed by atoms with Crippen LogP contribution in [-0.2, 0) is 10.4 Å². The molecule has 1 aliphatic rings. The van der Waals surface area contributed by atoms with Crippen LogP contribution >= 0.6 is 39.1 Å². The first kappa shape index (κ1) is 19.1. The van der Waals surface area contributed by atoms with Crippen LogP contribution in [0.15, 0.2) is 46.9 Å². The Bertz CT molecular complexity index is 936. The molecule has 134 valence electrons. The van der Waals surface area contributed by atoms with E-state index in [0.717, 1.165) is 18.2 Å². The summed E-state index contributed by atoms with van der Waals surface area (Å²) < 4.78 is 42.2. The molecule has 0 aromatic heterocycles. The van der Waals surface area contributed by atoms with Crippen LogP contribution in [0.3, 0.4) is 0 Å². The van der Waals surface area contributed by atoms with Gasteiger partial charge >= 0.3 is 6.18 Å². The van der Waals surface area contributed by atoms with Gasteiger partial charge in [-0.15, -0.1) is 0 Å². The third-order valence-corrected chi connectivity index (χ3v) is 4.88. The fourth-order valence-electron chi connectivity index (χ4n) is 2.53. The van der Waals surface area contributed by atoms with Crippen molar-refractivity contribution in [2.24, 2.45) is 0 Å². The molecular formula is C17H8BrCl2F3N2O. The molecule has 1 N–H and O–H groups in total. The average molecular weight is 464 g/mol. The highest BCUT2D eigenvalue weighted by molar-refractivity contribution is 9.10. The highest BCUT2D eigenvalue weighted by Crippen LogP contribution is 2.48. The molecule has 3 rings (SSSR count). The van der Waals surface area contributed by atoms with Gasteiger partial charge in [0.2, 0.25) is 5.60 Å². The Hall–Kier alpha value is -1.72. The Morgan fingerprint density at radius 3 is 2.31 bits per heavy atom. The van der Waals surface area contributed by atoms with Gasteiger partial charge in [0.15, 0.2) is 0 Å². The third-order valence-electron chi connectivity index (χ3n) is 3.78. The zero-order valence-corrected chi connectivity index (χ0v) is 15.8. The third kappa shape index (κ3) is 3.30. The highest BCUT2D eigenvalue weighted by Gasteiger charge is 2.59. The van der Waals surface area contributed by atoms with Crippen LogP contribution in [0.5, 0.6) is 0 Å². The Labute approximate surface area is 165 Å². The first-order valence-corrected chi connectivity index (χ1v) is 8.61. The van der Waals surface area contributed by atoms with Crippen molar-refractivity contribution in [2.45, 2.75) is 11.8 Å². The number of nitrogens with one attached hydrogen (secondary N) is 1. The largest absolute Gasteiger partial charge is 0.428 e. The number of nitrogens with zero attached hydrogens (tertiary/aromatic N) is 1. The molecule has 2 aromatic carbocycles. The quantitative estimate of drug-likeness (QED) is 0.597. The van der Waals surface area contributed by atoms with Crippen molar-refractivity contribution >= 4 is 44.8 Å². The maximum Gasteiger partial charge on any atom is 0.428 e. The summed E-state index contributed by atoms with van der Waals surface area (Å²) in [5.41, 5.74) is 0.190. The van der Waals surface area contributed by atoms with Crippen LogP contribution < -0.4 is 5.48 Å². The van der Waals surface area contributed by atoms with Crippen molar-refractivity contribution in [3.63, 3.8) is 0 Å². The lowest BCUT2D eigenvalue weighted by Gasteiger charge is -2.28. The van der Waals surface area contributed by atoms with E-state index in [1.54, 1.807) is 0 Å². The van der Waals surface area contributed by atoms with E-state index in [9.17, 15) is 13.2 Å². The van der Waals surface area contributed by atoms with E-state index < -0.39 is 11.8 Å². The molecule has 1 aliphatic heterocycles. The van der Waals surface area contributed by atoms with Crippen molar-refractivity contribution in [3.05, 3.63) is 73.7 Å². The Kier molecular flexibility index (Phi) is 4.97. The van der Waals surface area contributed by atoms with Gasteiger partial charge in [-0.2, -0.15) is 18.4 Å². The molecule has 1 unspecified atom stereocenters. The Morgan fingerprint density at radius 2 is 1.77 bits per heavy atom. The second-order valence-corrected chi connectivity index (χ2v) is 7.19.